The third kappa shape index (κ3) is 1.37. The topological polar surface area (TPSA) is 45.4 Å². The van der Waals surface area contributed by atoms with E-state index >= 15 is 0 Å². The molecule has 3 aliphatic carbocycles. The number of aryl methyl sites for hydroxylation is 3. The Hall–Kier alpha value is -2.16. The van der Waals surface area contributed by atoms with Gasteiger partial charge in [-0.2, -0.15) is 0 Å². The molecule has 2 N–H and O–H groups in total. The summed E-state index contributed by atoms with van der Waals surface area (Å²) in [6.07, 6.45) is 6.87. The number of aromatic hydroxyl groups is 2. The predicted molar refractivity (Wildman–Crippen MR) is 89.6 cm³/mol. The average molecular weight is 307 g/mol. The van der Waals surface area contributed by atoms with Crippen LogP contribution >= 0.6 is 0 Å². The Morgan fingerprint density at radius 3 is 1.83 bits per heavy atom. The van der Waals surface area contributed by atoms with Gasteiger partial charge in [0.15, 0.2) is 0 Å². The first-order valence-electron chi connectivity index (χ1n) is 8.38. The van der Waals surface area contributed by atoms with Crippen molar-refractivity contribution in [3.05, 3.63) is 52.1 Å². The summed E-state index contributed by atoms with van der Waals surface area (Å²) in [5, 5.41) is 21.9. The summed E-state index contributed by atoms with van der Waals surface area (Å²) < 4.78 is 1.66. The third-order valence-corrected chi connectivity index (χ3v) is 6.24. The minimum absolute atomic E-state index is 0.232. The zero-order chi connectivity index (χ0) is 16.1. The monoisotopic (exact) mass is 307 g/mol. The molecule has 2 unspecified atom stereocenters. The van der Waals surface area contributed by atoms with E-state index in [-0.39, 0.29) is 29.0 Å². The molecule has 0 amide bonds. The van der Waals surface area contributed by atoms with Crippen molar-refractivity contribution in [2.45, 2.75) is 45.4 Å². The largest absolute Gasteiger partial charge is 0.494 e. The molecule has 118 valence electrons. The third-order valence-electron chi connectivity index (χ3n) is 6.24. The Kier molecular flexibility index (Phi) is 2.22. The lowest BCUT2D eigenvalue weighted by Crippen LogP contribution is -2.07. The van der Waals surface area contributed by atoms with Gasteiger partial charge in [-0.15, -0.1) is 0 Å². The van der Waals surface area contributed by atoms with Crippen LogP contribution in [-0.4, -0.2) is 14.8 Å². The molecule has 3 nitrogen and oxygen atoms in total. The van der Waals surface area contributed by atoms with Crippen molar-refractivity contribution >= 4 is 0 Å². The highest BCUT2D eigenvalue weighted by Gasteiger charge is 2.64. The van der Waals surface area contributed by atoms with E-state index in [1.54, 1.807) is 4.57 Å². The first-order chi connectivity index (χ1) is 11.0. The van der Waals surface area contributed by atoms with Crippen molar-refractivity contribution in [3.63, 3.8) is 0 Å². The van der Waals surface area contributed by atoms with E-state index in [1.165, 1.54) is 18.4 Å². The van der Waals surface area contributed by atoms with Crippen molar-refractivity contribution in [2.75, 3.05) is 0 Å². The SMILES string of the molecule is Cc1cc(C)c(-n2c(O)c3c(c2O)C2C=CC3C23CC3)c(C)c1. The fourth-order valence-corrected chi connectivity index (χ4v) is 5.26. The molecule has 2 aromatic rings. The fourth-order valence-electron chi connectivity index (χ4n) is 5.26. The molecule has 3 heteroatoms. The highest BCUT2D eigenvalue weighted by atomic mass is 16.3. The molecule has 2 bridgehead atoms. The van der Waals surface area contributed by atoms with Gasteiger partial charge in [0.1, 0.15) is 0 Å². The molecule has 1 spiro atoms. The van der Waals surface area contributed by atoms with Crippen LogP contribution in [0, 0.1) is 26.2 Å². The Labute approximate surface area is 135 Å². The summed E-state index contributed by atoms with van der Waals surface area (Å²) in [6.45, 7) is 6.14. The van der Waals surface area contributed by atoms with E-state index in [0.29, 0.717) is 0 Å². The van der Waals surface area contributed by atoms with E-state index in [1.807, 2.05) is 13.8 Å². The van der Waals surface area contributed by atoms with Crippen LogP contribution in [0.3, 0.4) is 0 Å². The predicted octanol–water partition coefficient (Wildman–Crippen LogP) is 4.34. The molecular formula is C20H21NO2. The minimum Gasteiger partial charge on any atom is -0.494 e. The maximum Gasteiger partial charge on any atom is 0.202 e. The molecule has 23 heavy (non-hydrogen) atoms. The number of aromatic nitrogens is 1. The zero-order valence-electron chi connectivity index (χ0n) is 13.7. The van der Waals surface area contributed by atoms with E-state index in [4.69, 9.17) is 0 Å². The maximum atomic E-state index is 11.0. The summed E-state index contributed by atoms with van der Waals surface area (Å²) in [7, 11) is 0. The van der Waals surface area contributed by atoms with E-state index in [0.717, 1.165) is 27.9 Å². The molecule has 5 rings (SSSR count). The summed E-state index contributed by atoms with van der Waals surface area (Å²) in [6, 6.07) is 4.20. The lowest BCUT2D eigenvalue weighted by molar-refractivity contribution is 0.380. The van der Waals surface area contributed by atoms with Crippen LogP contribution in [0.15, 0.2) is 24.3 Å². The second-order valence-electron chi connectivity index (χ2n) is 7.63. The quantitative estimate of drug-likeness (QED) is 0.770. The Bertz CT molecular complexity index is 836. The number of fused-ring (bicyclic) bond motifs is 3. The van der Waals surface area contributed by atoms with Crippen LogP contribution in [0.2, 0.25) is 0 Å². The first kappa shape index (κ1) is 13.3. The number of hydrogen-bond acceptors (Lipinski definition) is 2. The normalized spacial score (nSPS) is 25.3. The smallest absolute Gasteiger partial charge is 0.202 e. The van der Waals surface area contributed by atoms with Gasteiger partial charge in [0.25, 0.3) is 0 Å². The van der Waals surface area contributed by atoms with Crippen molar-refractivity contribution in [2.24, 2.45) is 5.41 Å². The van der Waals surface area contributed by atoms with Gasteiger partial charge < -0.3 is 10.2 Å². The molecule has 1 aromatic heterocycles. The van der Waals surface area contributed by atoms with Crippen molar-refractivity contribution in [1.82, 2.24) is 4.57 Å². The van der Waals surface area contributed by atoms with Crippen LogP contribution in [0.25, 0.3) is 5.69 Å². The Balaban J connectivity index is 1.78. The molecule has 3 aliphatic rings. The average Bonchev–Trinajstić information content (AvgIpc) is 3.08. The van der Waals surface area contributed by atoms with Gasteiger partial charge >= 0.3 is 0 Å². The Morgan fingerprint density at radius 2 is 1.39 bits per heavy atom. The van der Waals surface area contributed by atoms with Gasteiger partial charge in [0.2, 0.25) is 11.8 Å². The molecule has 2 atom stereocenters. The van der Waals surface area contributed by atoms with E-state index in [2.05, 4.69) is 31.2 Å². The highest BCUT2D eigenvalue weighted by Crippen LogP contribution is 2.76. The van der Waals surface area contributed by atoms with Crippen molar-refractivity contribution in [1.29, 1.82) is 0 Å². The van der Waals surface area contributed by atoms with Gasteiger partial charge in [0, 0.05) is 23.0 Å². The van der Waals surface area contributed by atoms with Crippen LogP contribution in [0.5, 0.6) is 11.8 Å². The van der Waals surface area contributed by atoms with Crippen LogP contribution < -0.4 is 0 Å². The van der Waals surface area contributed by atoms with E-state index in [9.17, 15) is 10.2 Å². The van der Waals surface area contributed by atoms with Gasteiger partial charge in [-0.3, -0.25) is 4.57 Å². The lowest BCUT2D eigenvalue weighted by atomic mass is 9.90. The minimum atomic E-state index is 0.232. The molecule has 1 aromatic carbocycles. The standard InChI is InChI=1S/C20H21NO2/c1-10-8-11(2)17(12(3)9-10)21-18(22)15-13-4-5-14(16(15)19(21)23)20(13)6-7-20/h4-5,8-9,13-14,22-23H,6-7H2,1-3H3. The van der Waals surface area contributed by atoms with Gasteiger partial charge in [-0.25, -0.2) is 0 Å². The number of rotatable bonds is 1. The van der Waals surface area contributed by atoms with Crippen molar-refractivity contribution in [3.8, 4) is 17.4 Å². The number of nitrogens with zero attached hydrogens (tertiary/aromatic N) is 1. The number of allylic oxidation sites excluding steroid dienone is 2. The molecule has 1 saturated carbocycles. The number of benzene rings is 1. The molecule has 0 aliphatic heterocycles. The molecule has 1 fully saturated rings. The van der Waals surface area contributed by atoms with Gasteiger partial charge in [0.05, 0.1) is 5.69 Å². The molecule has 0 saturated heterocycles. The molecular weight excluding hydrogens is 286 g/mol. The summed E-state index contributed by atoms with van der Waals surface area (Å²) in [5.74, 6) is 1.02. The summed E-state index contributed by atoms with van der Waals surface area (Å²) >= 11 is 0. The summed E-state index contributed by atoms with van der Waals surface area (Å²) in [5.41, 5.74) is 6.45. The van der Waals surface area contributed by atoms with Crippen LogP contribution in [0.1, 0.15) is 52.5 Å². The van der Waals surface area contributed by atoms with E-state index < -0.39 is 0 Å². The maximum absolute atomic E-state index is 11.0. The fraction of sp³-hybridized carbons (Fsp3) is 0.400. The molecule has 1 heterocycles. The highest BCUT2D eigenvalue weighted by molar-refractivity contribution is 5.67. The van der Waals surface area contributed by atoms with Gasteiger partial charge in [-0.05, 0) is 50.2 Å². The van der Waals surface area contributed by atoms with Crippen LogP contribution in [0.4, 0.5) is 0 Å². The molecule has 0 radical (unpaired) electrons. The van der Waals surface area contributed by atoms with Crippen LogP contribution in [-0.2, 0) is 0 Å². The van der Waals surface area contributed by atoms with Gasteiger partial charge in [-0.1, -0.05) is 29.8 Å². The Morgan fingerprint density at radius 1 is 0.913 bits per heavy atom. The summed E-state index contributed by atoms with van der Waals surface area (Å²) in [4.78, 5) is 0. The number of hydrogen-bond donors (Lipinski definition) is 2. The van der Waals surface area contributed by atoms with Crippen molar-refractivity contribution < 1.29 is 10.2 Å². The second-order valence-corrected chi connectivity index (χ2v) is 7.63. The second kappa shape index (κ2) is 3.84. The lowest BCUT2D eigenvalue weighted by Gasteiger charge is -2.19. The first-order valence-corrected chi connectivity index (χ1v) is 8.38. The zero-order valence-corrected chi connectivity index (χ0v) is 13.7.